The standard InChI is InChI=1S/C15H18FN3O2/c1-3-21-14-7-13(12(17)6-11(14)16)18-8-10-4-5-15(20-2)19-9-10/h4-7,9,18H,3,8,17H2,1-2H3. The number of nitrogen functional groups attached to an aromatic ring is 1. The highest BCUT2D eigenvalue weighted by Gasteiger charge is 2.09. The van der Waals surface area contributed by atoms with E-state index < -0.39 is 5.82 Å². The average molecular weight is 291 g/mol. The lowest BCUT2D eigenvalue weighted by atomic mass is 10.2. The molecule has 3 N–H and O–H groups in total. The number of halogens is 1. The number of hydrogen-bond acceptors (Lipinski definition) is 5. The number of ether oxygens (including phenoxy) is 2. The van der Waals surface area contributed by atoms with E-state index in [1.54, 1.807) is 32.4 Å². The maximum Gasteiger partial charge on any atom is 0.212 e. The van der Waals surface area contributed by atoms with Crippen molar-refractivity contribution in [2.24, 2.45) is 0 Å². The number of rotatable bonds is 6. The molecule has 0 aliphatic carbocycles. The fraction of sp³-hybridized carbons (Fsp3) is 0.267. The summed E-state index contributed by atoms with van der Waals surface area (Å²) in [5, 5.41) is 3.14. The lowest BCUT2D eigenvalue weighted by molar-refractivity contribution is 0.322. The molecule has 2 aromatic rings. The van der Waals surface area contributed by atoms with Crippen LogP contribution >= 0.6 is 0 Å². The van der Waals surface area contributed by atoms with E-state index in [-0.39, 0.29) is 5.75 Å². The Bertz CT molecular complexity index is 603. The number of nitrogens with one attached hydrogen (secondary N) is 1. The smallest absolute Gasteiger partial charge is 0.212 e. The van der Waals surface area contributed by atoms with Gasteiger partial charge in [0.1, 0.15) is 0 Å². The quantitative estimate of drug-likeness (QED) is 0.801. The van der Waals surface area contributed by atoms with Gasteiger partial charge in [-0.05, 0) is 12.5 Å². The summed E-state index contributed by atoms with van der Waals surface area (Å²) in [6.45, 7) is 2.70. The average Bonchev–Trinajstić information content (AvgIpc) is 2.49. The Labute approximate surface area is 122 Å². The molecule has 5 nitrogen and oxygen atoms in total. The van der Waals surface area contributed by atoms with Gasteiger partial charge in [0.2, 0.25) is 5.88 Å². The number of nitrogens with zero attached hydrogens (tertiary/aromatic N) is 1. The summed E-state index contributed by atoms with van der Waals surface area (Å²) in [5.74, 6) is 0.270. The maximum absolute atomic E-state index is 13.6. The van der Waals surface area contributed by atoms with Gasteiger partial charge in [0.15, 0.2) is 11.6 Å². The zero-order chi connectivity index (χ0) is 15.2. The van der Waals surface area contributed by atoms with Crippen LogP contribution in [0.4, 0.5) is 15.8 Å². The van der Waals surface area contributed by atoms with Crippen LogP contribution in [0.1, 0.15) is 12.5 Å². The molecular formula is C15H18FN3O2. The minimum absolute atomic E-state index is 0.182. The van der Waals surface area contributed by atoms with Gasteiger partial charge in [0.25, 0.3) is 0 Å². The van der Waals surface area contributed by atoms with Crippen LogP contribution in [0, 0.1) is 5.82 Å². The molecule has 1 aromatic heterocycles. The third kappa shape index (κ3) is 3.75. The number of hydrogen-bond donors (Lipinski definition) is 2. The van der Waals surface area contributed by atoms with E-state index in [0.717, 1.165) is 5.56 Å². The molecule has 0 unspecified atom stereocenters. The molecule has 0 fully saturated rings. The first-order valence-electron chi connectivity index (χ1n) is 6.58. The summed E-state index contributed by atoms with van der Waals surface area (Å²) in [7, 11) is 1.56. The largest absolute Gasteiger partial charge is 0.491 e. The first kappa shape index (κ1) is 14.9. The Hall–Kier alpha value is -2.50. The lowest BCUT2D eigenvalue weighted by Gasteiger charge is -2.12. The fourth-order valence-corrected chi connectivity index (χ4v) is 1.82. The highest BCUT2D eigenvalue weighted by Crippen LogP contribution is 2.28. The third-order valence-electron chi connectivity index (χ3n) is 2.89. The van der Waals surface area contributed by atoms with Crippen LogP contribution in [0.25, 0.3) is 0 Å². The maximum atomic E-state index is 13.6. The Morgan fingerprint density at radius 2 is 2.14 bits per heavy atom. The minimum atomic E-state index is -0.467. The normalized spacial score (nSPS) is 10.2. The Morgan fingerprint density at radius 3 is 2.76 bits per heavy atom. The number of methoxy groups -OCH3 is 1. The van der Waals surface area contributed by atoms with Crippen molar-refractivity contribution in [1.82, 2.24) is 4.98 Å². The van der Waals surface area contributed by atoms with Crippen molar-refractivity contribution >= 4 is 11.4 Å². The van der Waals surface area contributed by atoms with E-state index in [9.17, 15) is 4.39 Å². The topological polar surface area (TPSA) is 69.4 Å². The minimum Gasteiger partial charge on any atom is -0.491 e. The summed E-state index contributed by atoms with van der Waals surface area (Å²) < 4.78 is 23.8. The Balaban J connectivity index is 2.09. The first-order chi connectivity index (χ1) is 10.1. The van der Waals surface area contributed by atoms with Crippen molar-refractivity contribution in [3.8, 4) is 11.6 Å². The monoisotopic (exact) mass is 291 g/mol. The molecule has 0 aliphatic rings. The van der Waals surface area contributed by atoms with Gasteiger partial charge in [-0.1, -0.05) is 6.07 Å². The van der Waals surface area contributed by atoms with E-state index in [0.29, 0.717) is 30.4 Å². The molecule has 21 heavy (non-hydrogen) atoms. The summed E-state index contributed by atoms with van der Waals surface area (Å²) in [6.07, 6.45) is 1.70. The molecule has 0 atom stereocenters. The number of pyridine rings is 1. The van der Waals surface area contributed by atoms with E-state index in [1.165, 1.54) is 6.07 Å². The van der Waals surface area contributed by atoms with Gasteiger partial charge >= 0.3 is 0 Å². The Kier molecular flexibility index (Phi) is 4.81. The van der Waals surface area contributed by atoms with E-state index in [2.05, 4.69) is 10.3 Å². The van der Waals surface area contributed by atoms with Crippen molar-refractivity contribution < 1.29 is 13.9 Å². The number of aromatic nitrogens is 1. The lowest BCUT2D eigenvalue weighted by Crippen LogP contribution is -2.05. The van der Waals surface area contributed by atoms with Gasteiger partial charge < -0.3 is 20.5 Å². The van der Waals surface area contributed by atoms with Gasteiger partial charge in [-0.3, -0.25) is 0 Å². The van der Waals surface area contributed by atoms with E-state index >= 15 is 0 Å². The molecule has 0 amide bonds. The van der Waals surface area contributed by atoms with Gasteiger partial charge in [-0.15, -0.1) is 0 Å². The summed E-state index contributed by atoms with van der Waals surface area (Å²) in [6, 6.07) is 6.48. The number of anilines is 2. The predicted molar refractivity (Wildman–Crippen MR) is 80.1 cm³/mol. The summed E-state index contributed by atoms with van der Waals surface area (Å²) >= 11 is 0. The second-order valence-corrected chi connectivity index (χ2v) is 4.37. The summed E-state index contributed by atoms with van der Waals surface area (Å²) in [5.41, 5.74) is 7.71. The number of benzene rings is 1. The second-order valence-electron chi connectivity index (χ2n) is 4.37. The molecule has 0 saturated carbocycles. The highest BCUT2D eigenvalue weighted by molar-refractivity contribution is 5.68. The molecule has 0 aliphatic heterocycles. The third-order valence-corrected chi connectivity index (χ3v) is 2.89. The van der Waals surface area contributed by atoms with Crippen molar-refractivity contribution in [1.29, 1.82) is 0 Å². The molecule has 1 aromatic carbocycles. The molecule has 0 radical (unpaired) electrons. The van der Waals surface area contributed by atoms with Crippen molar-refractivity contribution in [2.45, 2.75) is 13.5 Å². The zero-order valence-electron chi connectivity index (χ0n) is 12.0. The highest BCUT2D eigenvalue weighted by atomic mass is 19.1. The fourth-order valence-electron chi connectivity index (χ4n) is 1.82. The molecule has 6 heteroatoms. The van der Waals surface area contributed by atoms with Crippen molar-refractivity contribution in [3.63, 3.8) is 0 Å². The molecular weight excluding hydrogens is 273 g/mol. The molecule has 1 heterocycles. The van der Waals surface area contributed by atoms with Gasteiger partial charge in [0.05, 0.1) is 25.1 Å². The van der Waals surface area contributed by atoms with Crippen LogP contribution in [0.2, 0.25) is 0 Å². The molecule has 0 bridgehead atoms. The van der Waals surface area contributed by atoms with Crippen molar-refractivity contribution in [2.75, 3.05) is 24.8 Å². The van der Waals surface area contributed by atoms with Gasteiger partial charge in [-0.25, -0.2) is 9.37 Å². The summed E-state index contributed by atoms with van der Waals surface area (Å²) in [4.78, 5) is 4.11. The van der Waals surface area contributed by atoms with Crippen LogP contribution in [0.15, 0.2) is 30.5 Å². The molecule has 0 spiro atoms. The van der Waals surface area contributed by atoms with Gasteiger partial charge in [0, 0.05) is 30.9 Å². The van der Waals surface area contributed by atoms with Crippen LogP contribution in [-0.2, 0) is 6.54 Å². The van der Waals surface area contributed by atoms with Crippen molar-refractivity contribution in [3.05, 3.63) is 41.8 Å². The van der Waals surface area contributed by atoms with Crippen LogP contribution in [0.3, 0.4) is 0 Å². The molecule has 2 rings (SSSR count). The van der Waals surface area contributed by atoms with E-state index in [4.69, 9.17) is 15.2 Å². The Morgan fingerprint density at radius 1 is 1.33 bits per heavy atom. The molecule has 0 saturated heterocycles. The van der Waals surface area contributed by atoms with Crippen LogP contribution in [0.5, 0.6) is 11.6 Å². The zero-order valence-corrected chi connectivity index (χ0v) is 12.0. The van der Waals surface area contributed by atoms with E-state index in [1.807, 2.05) is 6.07 Å². The second kappa shape index (κ2) is 6.78. The molecule has 112 valence electrons. The number of nitrogens with two attached hydrogens (primary N) is 1. The predicted octanol–water partition coefficient (Wildman–Crippen LogP) is 2.82. The van der Waals surface area contributed by atoms with Gasteiger partial charge in [-0.2, -0.15) is 0 Å². The van der Waals surface area contributed by atoms with Crippen LogP contribution in [-0.4, -0.2) is 18.7 Å². The first-order valence-corrected chi connectivity index (χ1v) is 6.58. The van der Waals surface area contributed by atoms with Crippen LogP contribution < -0.4 is 20.5 Å². The SMILES string of the molecule is CCOc1cc(NCc2ccc(OC)nc2)c(N)cc1F.